The van der Waals surface area contributed by atoms with Crippen molar-refractivity contribution >= 4 is 0 Å². The maximum absolute atomic E-state index is 10.5. The Morgan fingerprint density at radius 2 is 2.29 bits per heavy atom. The topological polar surface area (TPSA) is 41.3 Å². The average Bonchev–Trinajstić information content (AvgIpc) is 2.73. The van der Waals surface area contributed by atoms with Crippen LogP contribution in [0.1, 0.15) is 38.9 Å². The van der Waals surface area contributed by atoms with Crippen molar-refractivity contribution < 1.29 is 5.11 Å². The first kappa shape index (κ1) is 12.6. The van der Waals surface area contributed by atoms with Crippen molar-refractivity contribution in [3.8, 4) is 0 Å². The SMILES string of the molecule is CC1CC(O)(Cc2ccn(C(C)C)n2)CN1C. The van der Waals surface area contributed by atoms with E-state index in [1.165, 1.54) is 0 Å². The van der Waals surface area contributed by atoms with E-state index in [0.29, 0.717) is 18.5 Å². The zero-order chi connectivity index (χ0) is 12.6. The molecule has 4 heteroatoms. The van der Waals surface area contributed by atoms with Gasteiger partial charge in [-0.1, -0.05) is 0 Å². The van der Waals surface area contributed by atoms with Crippen LogP contribution in [0.2, 0.25) is 0 Å². The summed E-state index contributed by atoms with van der Waals surface area (Å²) in [4.78, 5) is 2.21. The van der Waals surface area contributed by atoms with Gasteiger partial charge in [-0.05, 0) is 40.3 Å². The lowest BCUT2D eigenvalue weighted by Gasteiger charge is -2.20. The first-order valence-electron chi connectivity index (χ1n) is 6.36. The minimum absolute atomic E-state index is 0.378. The van der Waals surface area contributed by atoms with Crippen molar-refractivity contribution in [1.29, 1.82) is 0 Å². The third kappa shape index (κ3) is 2.69. The summed E-state index contributed by atoms with van der Waals surface area (Å²) in [6, 6.07) is 2.84. The number of β-amino-alcohol motifs (C(OH)–C–C–N with tert-alkyl or cyclic N) is 1. The van der Waals surface area contributed by atoms with Gasteiger partial charge in [0.05, 0.1) is 11.3 Å². The van der Waals surface area contributed by atoms with Gasteiger partial charge in [0.15, 0.2) is 0 Å². The van der Waals surface area contributed by atoms with Crippen LogP contribution in [0.3, 0.4) is 0 Å². The highest BCUT2D eigenvalue weighted by Gasteiger charge is 2.39. The Bertz CT molecular complexity index is 376. The lowest BCUT2D eigenvalue weighted by molar-refractivity contribution is 0.0509. The van der Waals surface area contributed by atoms with Crippen LogP contribution in [-0.4, -0.2) is 45.0 Å². The second kappa shape index (κ2) is 4.42. The molecule has 2 unspecified atom stereocenters. The van der Waals surface area contributed by atoms with E-state index in [2.05, 4.69) is 37.8 Å². The summed E-state index contributed by atoms with van der Waals surface area (Å²) in [5.41, 5.74) is 0.383. The van der Waals surface area contributed by atoms with Crippen molar-refractivity contribution in [3.05, 3.63) is 18.0 Å². The molecule has 1 aromatic heterocycles. The molecule has 1 aliphatic rings. The molecule has 0 radical (unpaired) electrons. The van der Waals surface area contributed by atoms with Crippen LogP contribution in [0.4, 0.5) is 0 Å². The van der Waals surface area contributed by atoms with Crippen molar-refractivity contribution in [3.63, 3.8) is 0 Å². The molecule has 0 spiro atoms. The number of aromatic nitrogens is 2. The molecular formula is C13H23N3O. The van der Waals surface area contributed by atoms with Gasteiger partial charge in [0, 0.05) is 31.2 Å². The molecule has 1 aliphatic heterocycles. The van der Waals surface area contributed by atoms with Gasteiger partial charge < -0.3 is 10.0 Å². The van der Waals surface area contributed by atoms with Gasteiger partial charge in [-0.15, -0.1) is 0 Å². The maximum Gasteiger partial charge on any atom is 0.0844 e. The summed E-state index contributed by atoms with van der Waals surface area (Å²) >= 11 is 0. The van der Waals surface area contributed by atoms with Gasteiger partial charge >= 0.3 is 0 Å². The molecule has 0 aromatic carbocycles. The highest BCUT2D eigenvalue weighted by Crippen LogP contribution is 2.28. The number of hydrogen-bond donors (Lipinski definition) is 1. The largest absolute Gasteiger partial charge is 0.388 e. The van der Waals surface area contributed by atoms with Crippen LogP contribution in [0.5, 0.6) is 0 Å². The highest BCUT2D eigenvalue weighted by molar-refractivity contribution is 5.07. The third-order valence-corrected chi connectivity index (χ3v) is 3.67. The quantitative estimate of drug-likeness (QED) is 0.865. The molecule has 0 amide bonds. The van der Waals surface area contributed by atoms with Crippen molar-refractivity contribution in [2.45, 2.75) is 51.3 Å². The molecule has 2 rings (SSSR count). The molecule has 17 heavy (non-hydrogen) atoms. The number of aliphatic hydroxyl groups is 1. The molecular weight excluding hydrogens is 214 g/mol. The molecule has 0 aliphatic carbocycles. The monoisotopic (exact) mass is 237 g/mol. The number of likely N-dealkylation sites (tertiary alicyclic amines) is 1. The second-order valence-corrected chi connectivity index (χ2v) is 5.75. The second-order valence-electron chi connectivity index (χ2n) is 5.75. The Morgan fingerprint density at radius 3 is 2.76 bits per heavy atom. The summed E-state index contributed by atoms with van der Waals surface area (Å²) < 4.78 is 1.95. The Hall–Kier alpha value is -0.870. The van der Waals surface area contributed by atoms with Crippen LogP contribution < -0.4 is 0 Å². The van der Waals surface area contributed by atoms with E-state index in [-0.39, 0.29) is 0 Å². The predicted octanol–water partition coefficient (Wildman–Crippen LogP) is 1.46. The summed E-state index contributed by atoms with van der Waals surface area (Å²) in [7, 11) is 2.06. The Kier molecular flexibility index (Phi) is 3.27. The average molecular weight is 237 g/mol. The maximum atomic E-state index is 10.5. The lowest BCUT2D eigenvalue weighted by Crippen LogP contribution is -2.34. The molecule has 1 fully saturated rings. The van der Waals surface area contributed by atoms with E-state index in [1.54, 1.807) is 0 Å². The number of rotatable bonds is 3. The fourth-order valence-electron chi connectivity index (χ4n) is 2.61. The minimum Gasteiger partial charge on any atom is -0.388 e. The molecule has 96 valence electrons. The lowest BCUT2D eigenvalue weighted by atomic mass is 9.95. The van der Waals surface area contributed by atoms with E-state index in [1.807, 2.05) is 16.9 Å². The van der Waals surface area contributed by atoms with Gasteiger partial charge in [0.2, 0.25) is 0 Å². The molecule has 0 bridgehead atoms. The number of nitrogens with zero attached hydrogens (tertiary/aromatic N) is 3. The molecule has 4 nitrogen and oxygen atoms in total. The van der Waals surface area contributed by atoms with Gasteiger partial charge in [-0.2, -0.15) is 5.10 Å². The molecule has 1 saturated heterocycles. The summed E-state index contributed by atoms with van der Waals surface area (Å²) in [6.45, 7) is 7.11. The van der Waals surface area contributed by atoms with Crippen LogP contribution in [0.25, 0.3) is 0 Å². The number of hydrogen-bond acceptors (Lipinski definition) is 3. The van der Waals surface area contributed by atoms with Crippen LogP contribution >= 0.6 is 0 Å². The number of likely N-dealkylation sites (N-methyl/N-ethyl adjacent to an activating group) is 1. The summed E-state index contributed by atoms with van der Waals surface area (Å²) in [5.74, 6) is 0. The van der Waals surface area contributed by atoms with Crippen molar-refractivity contribution in [2.75, 3.05) is 13.6 Å². The van der Waals surface area contributed by atoms with Gasteiger partial charge in [0.1, 0.15) is 0 Å². The van der Waals surface area contributed by atoms with E-state index in [4.69, 9.17) is 0 Å². The van der Waals surface area contributed by atoms with E-state index in [9.17, 15) is 5.11 Å². The zero-order valence-corrected chi connectivity index (χ0v) is 11.2. The highest BCUT2D eigenvalue weighted by atomic mass is 16.3. The Labute approximate surface area is 103 Å². The van der Waals surface area contributed by atoms with E-state index in [0.717, 1.165) is 18.7 Å². The minimum atomic E-state index is -0.607. The smallest absolute Gasteiger partial charge is 0.0844 e. The third-order valence-electron chi connectivity index (χ3n) is 3.67. The molecule has 1 aromatic rings. The molecule has 2 atom stereocenters. The van der Waals surface area contributed by atoms with Crippen LogP contribution in [-0.2, 0) is 6.42 Å². The molecule has 2 heterocycles. The van der Waals surface area contributed by atoms with Crippen molar-refractivity contribution in [2.24, 2.45) is 0 Å². The van der Waals surface area contributed by atoms with Crippen molar-refractivity contribution in [1.82, 2.24) is 14.7 Å². The molecule has 1 N–H and O–H groups in total. The fourth-order valence-corrected chi connectivity index (χ4v) is 2.61. The van der Waals surface area contributed by atoms with E-state index < -0.39 is 5.60 Å². The van der Waals surface area contributed by atoms with Gasteiger partial charge in [0.25, 0.3) is 0 Å². The Balaban J connectivity index is 2.05. The first-order chi connectivity index (χ1) is 7.89. The van der Waals surface area contributed by atoms with E-state index >= 15 is 0 Å². The Morgan fingerprint density at radius 1 is 1.59 bits per heavy atom. The molecule has 0 saturated carbocycles. The summed E-state index contributed by atoms with van der Waals surface area (Å²) in [5, 5.41) is 15.0. The van der Waals surface area contributed by atoms with Gasteiger partial charge in [-0.3, -0.25) is 4.68 Å². The normalized spacial score (nSPS) is 30.4. The van der Waals surface area contributed by atoms with Crippen LogP contribution in [0.15, 0.2) is 12.3 Å². The standard InChI is InChI=1S/C13H23N3O/c1-10(2)16-6-5-12(14-16)8-13(17)7-11(3)15(4)9-13/h5-6,10-11,17H,7-9H2,1-4H3. The zero-order valence-electron chi connectivity index (χ0n) is 11.2. The van der Waals surface area contributed by atoms with Gasteiger partial charge in [-0.25, -0.2) is 0 Å². The summed E-state index contributed by atoms with van der Waals surface area (Å²) in [6.07, 6.45) is 3.48. The fraction of sp³-hybridized carbons (Fsp3) is 0.769. The van der Waals surface area contributed by atoms with Crippen LogP contribution in [0, 0.1) is 0 Å². The predicted molar refractivity (Wildman–Crippen MR) is 68.0 cm³/mol. The first-order valence-corrected chi connectivity index (χ1v) is 6.36.